The summed E-state index contributed by atoms with van der Waals surface area (Å²) >= 11 is 0. The Hall–Kier alpha value is -2.62. The molecular formula is C19H15F3N+. The molecule has 4 heteroatoms. The van der Waals surface area contributed by atoms with E-state index in [9.17, 15) is 13.2 Å². The lowest BCUT2D eigenvalue weighted by atomic mass is 10.0. The number of halogens is 3. The Bertz CT molecular complexity index is 824. The van der Waals surface area contributed by atoms with Crippen molar-refractivity contribution in [2.75, 3.05) is 0 Å². The fourth-order valence-electron chi connectivity index (χ4n) is 2.54. The standard InChI is InChI=1S/C19H15F3N/c1-23-12-16(14-6-3-2-4-7-14)10-17(13-23)15-8-5-9-18(11-15)19(20,21)22/h2-13H,1H3/q+1. The molecule has 0 saturated heterocycles. The highest BCUT2D eigenvalue weighted by Gasteiger charge is 2.30. The third-order valence-electron chi connectivity index (χ3n) is 3.63. The zero-order chi connectivity index (χ0) is 16.4. The highest BCUT2D eigenvalue weighted by Crippen LogP contribution is 2.32. The number of hydrogen-bond acceptors (Lipinski definition) is 0. The number of rotatable bonds is 2. The van der Waals surface area contributed by atoms with Crippen LogP contribution in [0.3, 0.4) is 0 Å². The summed E-state index contributed by atoms with van der Waals surface area (Å²) in [6, 6.07) is 17.1. The Morgan fingerprint density at radius 2 is 1.30 bits per heavy atom. The highest BCUT2D eigenvalue weighted by molar-refractivity contribution is 5.71. The van der Waals surface area contributed by atoms with E-state index in [4.69, 9.17) is 0 Å². The SMILES string of the molecule is C[n+]1cc(-c2ccccc2)cc(-c2cccc(C(F)(F)F)c2)c1. The molecule has 0 N–H and O–H groups in total. The maximum atomic E-state index is 12.9. The van der Waals surface area contributed by atoms with Gasteiger partial charge in [-0.1, -0.05) is 42.5 Å². The lowest BCUT2D eigenvalue weighted by Crippen LogP contribution is -2.27. The minimum absolute atomic E-state index is 0.549. The van der Waals surface area contributed by atoms with Crippen molar-refractivity contribution >= 4 is 0 Å². The van der Waals surface area contributed by atoms with Gasteiger partial charge in [0.25, 0.3) is 0 Å². The number of alkyl halides is 3. The van der Waals surface area contributed by atoms with Crippen molar-refractivity contribution in [3.05, 3.63) is 78.6 Å². The van der Waals surface area contributed by atoms with Crippen LogP contribution < -0.4 is 4.57 Å². The molecule has 0 atom stereocenters. The van der Waals surface area contributed by atoms with Crippen LogP contribution in [0.5, 0.6) is 0 Å². The van der Waals surface area contributed by atoms with Gasteiger partial charge in [-0.2, -0.15) is 13.2 Å². The quantitative estimate of drug-likeness (QED) is 0.595. The smallest absolute Gasteiger partial charge is 0.207 e. The molecule has 1 nitrogen and oxygen atoms in total. The van der Waals surface area contributed by atoms with Crippen LogP contribution in [0.25, 0.3) is 22.3 Å². The zero-order valence-electron chi connectivity index (χ0n) is 12.5. The largest absolute Gasteiger partial charge is 0.416 e. The molecule has 0 aliphatic carbocycles. The van der Waals surface area contributed by atoms with Crippen LogP contribution in [0.4, 0.5) is 13.2 Å². The van der Waals surface area contributed by atoms with Crippen LogP contribution in [-0.2, 0) is 13.2 Å². The van der Waals surface area contributed by atoms with Gasteiger partial charge in [0.1, 0.15) is 7.05 Å². The van der Waals surface area contributed by atoms with E-state index in [0.29, 0.717) is 5.56 Å². The van der Waals surface area contributed by atoms with Gasteiger partial charge < -0.3 is 0 Å². The molecule has 0 aliphatic rings. The van der Waals surface area contributed by atoms with Crippen LogP contribution in [0.15, 0.2) is 73.1 Å². The average molecular weight is 314 g/mol. The fourth-order valence-corrected chi connectivity index (χ4v) is 2.54. The van der Waals surface area contributed by atoms with Crippen molar-refractivity contribution in [2.45, 2.75) is 6.18 Å². The van der Waals surface area contributed by atoms with E-state index < -0.39 is 11.7 Å². The molecule has 0 spiro atoms. The van der Waals surface area contributed by atoms with E-state index in [1.807, 2.05) is 60.4 Å². The fraction of sp³-hybridized carbons (Fsp3) is 0.105. The van der Waals surface area contributed by atoms with E-state index in [1.165, 1.54) is 12.1 Å². The molecule has 0 radical (unpaired) electrons. The molecule has 0 bridgehead atoms. The summed E-state index contributed by atoms with van der Waals surface area (Å²) in [4.78, 5) is 0. The number of pyridine rings is 1. The van der Waals surface area contributed by atoms with Gasteiger partial charge in [0.15, 0.2) is 12.4 Å². The van der Waals surface area contributed by atoms with E-state index in [1.54, 1.807) is 6.07 Å². The van der Waals surface area contributed by atoms with Gasteiger partial charge >= 0.3 is 6.18 Å². The number of aromatic nitrogens is 1. The number of nitrogens with zero attached hydrogens (tertiary/aromatic N) is 1. The minimum Gasteiger partial charge on any atom is -0.207 e. The van der Waals surface area contributed by atoms with E-state index in [-0.39, 0.29) is 0 Å². The molecule has 3 aromatic rings. The second kappa shape index (κ2) is 5.88. The zero-order valence-corrected chi connectivity index (χ0v) is 12.5. The molecule has 0 unspecified atom stereocenters. The summed E-state index contributed by atoms with van der Waals surface area (Å²) in [6.07, 6.45) is -0.566. The summed E-state index contributed by atoms with van der Waals surface area (Å²) < 4.78 is 40.6. The van der Waals surface area contributed by atoms with Crippen molar-refractivity contribution in [1.82, 2.24) is 0 Å². The van der Waals surface area contributed by atoms with Gasteiger partial charge in [0.2, 0.25) is 0 Å². The highest BCUT2D eigenvalue weighted by atomic mass is 19.4. The lowest BCUT2D eigenvalue weighted by Gasteiger charge is -2.09. The number of benzene rings is 2. The van der Waals surface area contributed by atoms with Crippen molar-refractivity contribution in [2.24, 2.45) is 7.05 Å². The van der Waals surface area contributed by atoms with Crippen molar-refractivity contribution in [1.29, 1.82) is 0 Å². The first-order valence-corrected chi connectivity index (χ1v) is 7.17. The summed E-state index contributed by atoms with van der Waals surface area (Å²) in [7, 11) is 1.86. The maximum Gasteiger partial charge on any atom is 0.416 e. The van der Waals surface area contributed by atoms with E-state index in [0.717, 1.165) is 22.8 Å². The number of aryl methyl sites for hydroxylation is 1. The molecular weight excluding hydrogens is 299 g/mol. The van der Waals surface area contributed by atoms with E-state index >= 15 is 0 Å². The molecule has 2 aromatic carbocycles. The van der Waals surface area contributed by atoms with Gasteiger partial charge in [-0.05, 0) is 29.3 Å². The molecule has 1 heterocycles. The molecule has 0 amide bonds. The Morgan fingerprint density at radius 3 is 1.96 bits per heavy atom. The summed E-state index contributed by atoms with van der Waals surface area (Å²) in [6.45, 7) is 0. The Labute approximate surface area is 132 Å². The van der Waals surface area contributed by atoms with Crippen LogP contribution >= 0.6 is 0 Å². The molecule has 0 saturated carbocycles. The van der Waals surface area contributed by atoms with Crippen molar-refractivity contribution in [3.63, 3.8) is 0 Å². The van der Waals surface area contributed by atoms with Crippen LogP contribution in [0.2, 0.25) is 0 Å². The Balaban J connectivity index is 2.09. The van der Waals surface area contributed by atoms with Gasteiger partial charge in [-0.15, -0.1) is 0 Å². The third-order valence-corrected chi connectivity index (χ3v) is 3.63. The summed E-state index contributed by atoms with van der Waals surface area (Å²) in [5.41, 5.74) is 2.65. The molecule has 3 rings (SSSR count). The first-order valence-electron chi connectivity index (χ1n) is 7.17. The van der Waals surface area contributed by atoms with E-state index in [2.05, 4.69) is 0 Å². The summed E-state index contributed by atoms with van der Waals surface area (Å²) in [5, 5.41) is 0. The van der Waals surface area contributed by atoms with Crippen LogP contribution in [0.1, 0.15) is 5.56 Å². The molecule has 1 aromatic heterocycles. The van der Waals surface area contributed by atoms with Gasteiger partial charge in [0, 0.05) is 11.1 Å². The molecule has 23 heavy (non-hydrogen) atoms. The second-order valence-electron chi connectivity index (χ2n) is 5.42. The second-order valence-corrected chi connectivity index (χ2v) is 5.42. The average Bonchev–Trinajstić information content (AvgIpc) is 2.54. The van der Waals surface area contributed by atoms with Gasteiger partial charge in [-0.25, -0.2) is 4.57 Å². The van der Waals surface area contributed by atoms with Crippen LogP contribution in [-0.4, -0.2) is 0 Å². The van der Waals surface area contributed by atoms with Gasteiger partial charge in [-0.3, -0.25) is 0 Å². The maximum absolute atomic E-state index is 12.9. The first kappa shape index (κ1) is 15.3. The van der Waals surface area contributed by atoms with Crippen LogP contribution in [0, 0.1) is 0 Å². The molecule has 0 fully saturated rings. The predicted octanol–water partition coefficient (Wildman–Crippen LogP) is 4.86. The third kappa shape index (κ3) is 3.42. The Kier molecular flexibility index (Phi) is 3.90. The predicted molar refractivity (Wildman–Crippen MR) is 83.5 cm³/mol. The summed E-state index contributed by atoms with van der Waals surface area (Å²) in [5.74, 6) is 0. The lowest BCUT2D eigenvalue weighted by molar-refractivity contribution is -0.670. The minimum atomic E-state index is -4.34. The Morgan fingerprint density at radius 1 is 0.696 bits per heavy atom. The van der Waals surface area contributed by atoms with Crippen molar-refractivity contribution < 1.29 is 17.7 Å². The monoisotopic (exact) mass is 314 g/mol. The first-order chi connectivity index (χ1) is 10.9. The molecule has 116 valence electrons. The van der Waals surface area contributed by atoms with Gasteiger partial charge in [0.05, 0.1) is 5.56 Å². The number of hydrogen-bond donors (Lipinski definition) is 0. The normalized spacial score (nSPS) is 11.5. The topological polar surface area (TPSA) is 3.88 Å². The van der Waals surface area contributed by atoms with Crippen molar-refractivity contribution in [3.8, 4) is 22.3 Å². The molecule has 0 aliphatic heterocycles.